The highest BCUT2D eigenvalue weighted by Gasteiger charge is 2.13. The van der Waals surface area contributed by atoms with E-state index < -0.39 is 5.97 Å². The number of aromatic nitrogens is 4. The van der Waals surface area contributed by atoms with Crippen LogP contribution in [-0.2, 0) is 0 Å². The minimum atomic E-state index is -1.07. The van der Waals surface area contributed by atoms with Crippen LogP contribution >= 0.6 is 0 Å². The number of hydrogen-bond donors (Lipinski definition) is 1. The predicted molar refractivity (Wildman–Crippen MR) is 50.9 cm³/mol. The number of aromatic carboxylic acids is 1. The largest absolute Gasteiger partial charge is 0.477 e. The van der Waals surface area contributed by atoms with Crippen LogP contribution in [0.15, 0.2) is 24.8 Å². The van der Waals surface area contributed by atoms with Crippen molar-refractivity contribution in [3.8, 4) is 5.82 Å². The summed E-state index contributed by atoms with van der Waals surface area (Å²) in [6.07, 6.45) is 4.20. The Balaban J connectivity index is 2.57. The van der Waals surface area contributed by atoms with Crippen LogP contribution < -0.4 is 0 Å². The molecule has 0 saturated heterocycles. The summed E-state index contributed by atoms with van der Waals surface area (Å²) < 4.78 is 1.42. The molecule has 1 N–H and O–H groups in total. The molecule has 0 spiro atoms. The Kier molecular flexibility index (Phi) is 2.17. The van der Waals surface area contributed by atoms with Gasteiger partial charge in [-0.05, 0) is 13.0 Å². The van der Waals surface area contributed by atoms with Gasteiger partial charge < -0.3 is 5.11 Å². The fourth-order valence-electron chi connectivity index (χ4n) is 1.19. The molecule has 2 rings (SSSR count). The van der Waals surface area contributed by atoms with Gasteiger partial charge in [-0.1, -0.05) is 0 Å². The molecule has 0 aromatic carbocycles. The molecule has 0 bridgehead atoms. The maximum Gasteiger partial charge on any atom is 0.341 e. The molecule has 0 saturated carbocycles. The summed E-state index contributed by atoms with van der Waals surface area (Å²) >= 11 is 0. The van der Waals surface area contributed by atoms with Crippen LogP contribution in [0.5, 0.6) is 0 Å². The van der Waals surface area contributed by atoms with Gasteiger partial charge in [0.2, 0.25) is 0 Å². The predicted octanol–water partition coefficient (Wildman–Crippen LogP) is 0.669. The maximum atomic E-state index is 10.9. The van der Waals surface area contributed by atoms with Crippen molar-refractivity contribution in [1.82, 2.24) is 19.7 Å². The molecular formula is C9H8N4O2. The van der Waals surface area contributed by atoms with Crippen LogP contribution in [0.4, 0.5) is 0 Å². The lowest BCUT2D eigenvalue weighted by molar-refractivity contribution is 0.0695. The van der Waals surface area contributed by atoms with Crippen LogP contribution in [-0.4, -0.2) is 30.8 Å². The van der Waals surface area contributed by atoms with E-state index in [0.717, 1.165) is 5.69 Å². The van der Waals surface area contributed by atoms with Crippen molar-refractivity contribution in [2.75, 3.05) is 0 Å². The maximum absolute atomic E-state index is 10.9. The first-order valence-electron chi connectivity index (χ1n) is 4.24. The van der Waals surface area contributed by atoms with E-state index in [9.17, 15) is 4.79 Å². The van der Waals surface area contributed by atoms with Crippen LogP contribution in [0.25, 0.3) is 5.82 Å². The fourth-order valence-corrected chi connectivity index (χ4v) is 1.19. The van der Waals surface area contributed by atoms with Crippen LogP contribution in [0.2, 0.25) is 0 Å². The Hall–Kier alpha value is -2.24. The number of carbonyl (C=O) groups is 1. The molecule has 0 amide bonds. The summed E-state index contributed by atoms with van der Waals surface area (Å²) in [7, 11) is 0. The van der Waals surface area contributed by atoms with Crippen LogP contribution in [0.1, 0.15) is 16.1 Å². The van der Waals surface area contributed by atoms with Crippen molar-refractivity contribution in [2.45, 2.75) is 6.92 Å². The third kappa shape index (κ3) is 1.69. The van der Waals surface area contributed by atoms with Crippen molar-refractivity contribution >= 4 is 5.97 Å². The van der Waals surface area contributed by atoms with E-state index in [4.69, 9.17) is 5.11 Å². The van der Waals surface area contributed by atoms with Gasteiger partial charge in [0, 0.05) is 12.4 Å². The molecule has 15 heavy (non-hydrogen) atoms. The average molecular weight is 204 g/mol. The Labute approximate surface area is 85.2 Å². The standard InChI is InChI=1S/C9H8N4O2/c1-6-2-3-13(12-6)8-7(9(14)15)4-10-5-11-8/h2-5H,1H3,(H,14,15). The molecule has 2 heterocycles. The summed E-state index contributed by atoms with van der Waals surface area (Å²) in [5.41, 5.74) is 0.825. The average Bonchev–Trinajstić information content (AvgIpc) is 2.65. The van der Waals surface area contributed by atoms with Gasteiger partial charge >= 0.3 is 5.97 Å². The van der Waals surface area contributed by atoms with E-state index in [1.807, 2.05) is 6.92 Å². The van der Waals surface area contributed by atoms with E-state index in [-0.39, 0.29) is 11.4 Å². The molecule has 0 unspecified atom stereocenters. The number of rotatable bonds is 2. The molecule has 2 aromatic heterocycles. The van der Waals surface area contributed by atoms with Gasteiger partial charge in [-0.3, -0.25) is 0 Å². The van der Waals surface area contributed by atoms with Gasteiger partial charge in [0.15, 0.2) is 5.82 Å². The lowest BCUT2D eigenvalue weighted by Gasteiger charge is -2.02. The monoisotopic (exact) mass is 204 g/mol. The molecule has 0 fully saturated rings. The number of nitrogens with zero attached hydrogens (tertiary/aromatic N) is 4. The van der Waals surface area contributed by atoms with E-state index in [1.165, 1.54) is 17.2 Å². The van der Waals surface area contributed by atoms with Crippen LogP contribution in [0.3, 0.4) is 0 Å². The van der Waals surface area contributed by atoms with Crippen molar-refractivity contribution in [3.63, 3.8) is 0 Å². The summed E-state index contributed by atoms with van der Waals surface area (Å²) in [6.45, 7) is 1.82. The molecule has 0 aliphatic rings. The third-order valence-electron chi connectivity index (χ3n) is 1.86. The minimum absolute atomic E-state index is 0.0283. The van der Waals surface area contributed by atoms with Gasteiger partial charge in [0.1, 0.15) is 11.9 Å². The van der Waals surface area contributed by atoms with Gasteiger partial charge in [0.05, 0.1) is 5.69 Å². The summed E-state index contributed by atoms with van der Waals surface area (Å²) in [6, 6.07) is 1.77. The number of carboxylic acids is 1. The first kappa shape index (κ1) is 9.32. The van der Waals surface area contributed by atoms with Gasteiger partial charge in [-0.2, -0.15) is 5.10 Å². The Bertz CT molecular complexity index is 506. The topological polar surface area (TPSA) is 80.9 Å². The highest BCUT2D eigenvalue weighted by molar-refractivity contribution is 5.90. The zero-order valence-electron chi connectivity index (χ0n) is 7.95. The van der Waals surface area contributed by atoms with Crippen molar-refractivity contribution < 1.29 is 9.90 Å². The van der Waals surface area contributed by atoms with Crippen molar-refractivity contribution in [3.05, 3.63) is 36.0 Å². The second-order valence-corrected chi connectivity index (χ2v) is 2.97. The second kappa shape index (κ2) is 3.49. The Morgan fingerprint density at radius 1 is 1.53 bits per heavy atom. The highest BCUT2D eigenvalue weighted by Crippen LogP contribution is 2.09. The quantitative estimate of drug-likeness (QED) is 0.777. The van der Waals surface area contributed by atoms with Crippen LogP contribution in [0, 0.1) is 6.92 Å². The Morgan fingerprint density at radius 3 is 2.93 bits per heavy atom. The molecule has 0 aliphatic heterocycles. The lowest BCUT2D eigenvalue weighted by atomic mass is 10.3. The normalized spacial score (nSPS) is 10.2. The molecule has 6 heteroatoms. The van der Waals surface area contributed by atoms with E-state index in [0.29, 0.717) is 0 Å². The molecule has 6 nitrogen and oxygen atoms in total. The van der Waals surface area contributed by atoms with E-state index in [2.05, 4.69) is 15.1 Å². The smallest absolute Gasteiger partial charge is 0.341 e. The first-order chi connectivity index (χ1) is 7.18. The fraction of sp³-hybridized carbons (Fsp3) is 0.111. The van der Waals surface area contributed by atoms with Gasteiger partial charge in [-0.25, -0.2) is 19.4 Å². The summed E-state index contributed by atoms with van der Waals surface area (Å²) in [4.78, 5) is 18.4. The number of carboxylic acid groups (broad SMARTS) is 1. The van der Waals surface area contributed by atoms with E-state index in [1.54, 1.807) is 12.3 Å². The van der Waals surface area contributed by atoms with Gasteiger partial charge in [-0.15, -0.1) is 0 Å². The SMILES string of the molecule is Cc1ccn(-c2ncncc2C(=O)O)n1. The van der Waals surface area contributed by atoms with Gasteiger partial charge in [0.25, 0.3) is 0 Å². The summed E-state index contributed by atoms with van der Waals surface area (Å²) in [5.74, 6) is -0.802. The lowest BCUT2D eigenvalue weighted by Crippen LogP contribution is -2.08. The van der Waals surface area contributed by atoms with E-state index >= 15 is 0 Å². The Morgan fingerprint density at radius 2 is 2.33 bits per heavy atom. The number of hydrogen-bond acceptors (Lipinski definition) is 4. The molecule has 0 aliphatic carbocycles. The summed E-state index contributed by atoms with van der Waals surface area (Å²) in [5, 5.41) is 13.0. The zero-order valence-corrected chi connectivity index (χ0v) is 7.95. The molecule has 2 aromatic rings. The second-order valence-electron chi connectivity index (χ2n) is 2.97. The molecular weight excluding hydrogens is 196 g/mol. The first-order valence-corrected chi connectivity index (χ1v) is 4.24. The van der Waals surface area contributed by atoms with Crippen molar-refractivity contribution in [2.24, 2.45) is 0 Å². The molecule has 76 valence electrons. The minimum Gasteiger partial charge on any atom is -0.477 e. The van der Waals surface area contributed by atoms with Crippen molar-refractivity contribution in [1.29, 1.82) is 0 Å². The highest BCUT2D eigenvalue weighted by atomic mass is 16.4. The third-order valence-corrected chi connectivity index (χ3v) is 1.86. The number of aryl methyl sites for hydroxylation is 1. The zero-order chi connectivity index (χ0) is 10.8. The molecule has 0 atom stereocenters. The molecule has 0 radical (unpaired) electrons.